The van der Waals surface area contributed by atoms with Gasteiger partial charge in [0.15, 0.2) is 0 Å². The van der Waals surface area contributed by atoms with Crippen LogP contribution < -0.4 is 5.73 Å². The zero-order chi connectivity index (χ0) is 14.5. The third-order valence-electron chi connectivity index (χ3n) is 3.91. The molecule has 0 aliphatic carbocycles. The van der Waals surface area contributed by atoms with Gasteiger partial charge in [-0.2, -0.15) is 0 Å². The van der Waals surface area contributed by atoms with Gasteiger partial charge in [-0.15, -0.1) is 0 Å². The number of halogens is 1. The van der Waals surface area contributed by atoms with E-state index in [9.17, 15) is 0 Å². The lowest BCUT2D eigenvalue weighted by Crippen LogP contribution is -2.13. The molecule has 0 saturated carbocycles. The molecule has 0 aliphatic rings. The summed E-state index contributed by atoms with van der Waals surface area (Å²) in [6.45, 7) is 4.47. The number of hydrogen-bond acceptors (Lipinski definition) is 1. The molecule has 2 rings (SSSR count). The number of benzene rings is 2. The second-order valence-electron chi connectivity index (χ2n) is 5.41. The van der Waals surface area contributed by atoms with Crippen LogP contribution in [0.2, 0.25) is 5.02 Å². The van der Waals surface area contributed by atoms with Crippen molar-refractivity contribution >= 4 is 11.6 Å². The summed E-state index contributed by atoms with van der Waals surface area (Å²) >= 11 is 5.89. The Morgan fingerprint density at radius 3 is 2.05 bits per heavy atom. The molecule has 2 heteroatoms. The second kappa shape index (κ2) is 6.92. The van der Waals surface area contributed by atoms with Crippen LogP contribution in [0.15, 0.2) is 48.5 Å². The van der Waals surface area contributed by atoms with E-state index in [0.29, 0.717) is 5.92 Å². The number of nitrogens with two attached hydrogens (primary N) is 1. The van der Waals surface area contributed by atoms with E-state index in [1.54, 1.807) is 0 Å². The smallest absolute Gasteiger partial charge is 0.0406 e. The van der Waals surface area contributed by atoms with Gasteiger partial charge in [0.1, 0.15) is 0 Å². The van der Waals surface area contributed by atoms with Crippen molar-refractivity contribution in [2.75, 3.05) is 0 Å². The van der Waals surface area contributed by atoms with Gasteiger partial charge in [-0.05, 0) is 47.6 Å². The lowest BCUT2D eigenvalue weighted by molar-refractivity contribution is 0.712. The fraction of sp³-hybridized carbons (Fsp3) is 0.333. The van der Waals surface area contributed by atoms with Crippen LogP contribution in [0, 0.1) is 0 Å². The molecule has 0 aromatic heterocycles. The fourth-order valence-electron chi connectivity index (χ4n) is 2.30. The molecule has 0 fully saturated rings. The standard InChI is InChI=1S/C18H22ClN/c1-3-13(2)15-6-8-16(9-7-15)18(20)12-14-4-10-17(19)11-5-14/h4-11,13,18H,3,12,20H2,1-2H3. The van der Waals surface area contributed by atoms with E-state index in [0.717, 1.165) is 17.9 Å². The molecule has 0 heterocycles. The van der Waals surface area contributed by atoms with Gasteiger partial charge in [0.05, 0.1) is 0 Å². The summed E-state index contributed by atoms with van der Waals surface area (Å²) in [5.41, 5.74) is 10.1. The molecule has 2 N–H and O–H groups in total. The average molecular weight is 288 g/mol. The lowest BCUT2D eigenvalue weighted by atomic mass is 9.94. The summed E-state index contributed by atoms with van der Waals surface area (Å²) in [5.74, 6) is 0.608. The van der Waals surface area contributed by atoms with Crippen molar-refractivity contribution in [2.24, 2.45) is 5.73 Å². The van der Waals surface area contributed by atoms with Crippen molar-refractivity contribution in [1.29, 1.82) is 0 Å². The number of rotatable bonds is 5. The minimum absolute atomic E-state index is 0.0298. The van der Waals surface area contributed by atoms with E-state index >= 15 is 0 Å². The molecule has 2 aromatic carbocycles. The summed E-state index contributed by atoms with van der Waals surface area (Å²) in [6, 6.07) is 16.6. The van der Waals surface area contributed by atoms with E-state index in [4.69, 9.17) is 17.3 Å². The molecule has 0 saturated heterocycles. The van der Waals surface area contributed by atoms with E-state index in [1.807, 2.05) is 24.3 Å². The van der Waals surface area contributed by atoms with Crippen LogP contribution in [0.4, 0.5) is 0 Å². The number of hydrogen-bond donors (Lipinski definition) is 1. The van der Waals surface area contributed by atoms with Gasteiger partial charge >= 0.3 is 0 Å². The first-order valence-electron chi connectivity index (χ1n) is 7.20. The zero-order valence-electron chi connectivity index (χ0n) is 12.1. The minimum atomic E-state index is 0.0298. The molecular weight excluding hydrogens is 266 g/mol. The lowest BCUT2D eigenvalue weighted by Gasteiger charge is -2.14. The molecular formula is C18H22ClN. The van der Waals surface area contributed by atoms with E-state index in [-0.39, 0.29) is 6.04 Å². The molecule has 1 nitrogen and oxygen atoms in total. The quantitative estimate of drug-likeness (QED) is 0.814. The first-order valence-corrected chi connectivity index (χ1v) is 7.57. The molecule has 2 unspecified atom stereocenters. The van der Waals surface area contributed by atoms with Gasteiger partial charge in [0, 0.05) is 11.1 Å². The minimum Gasteiger partial charge on any atom is -0.324 e. The molecule has 2 aromatic rings. The summed E-state index contributed by atoms with van der Waals surface area (Å²) in [6.07, 6.45) is 2.00. The molecule has 0 radical (unpaired) electrons. The van der Waals surface area contributed by atoms with Gasteiger partial charge in [-0.3, -0.25) is 0 Å². The van der Waals surface area contributed by atoms with Crippen molar-refractivity contribution < 1.29 is 0 Å². The second-order valence-corrected chi connectivity index (χ2v) is 5.85. The topological polar surface area (TPSA) is 26.0 Å². The van der Waals surface area contributed by atoms with E-state index in [2.05, 4.69) is 38.1 Å². The van der Waals surface area contributed by atoms with Gasteiger partial charge in [-0.25, -0.2) is 0 Å². The maximum Gasteiger partial charge on any atom is 0.0406 e. The van der Waals surface area contributed by atoms with Crippen molar-refractivity contribution in [2.45, 2.75) is 38.6 Å². The summed E-state index contributed by atoms with van der Waals surface area (Å²) in [4.78, 5) is 0. The van der Waals surface area contributed by atoms with Crippen LogP contribution in [0.3, 0.4) is 0 Å². The highest BCUT2D eigenvalue weighted by Crippen LogP contribution is 2.22. The maximum absolute atomic E-state index is 6.29. The maximum atomic E-state index is 6.29. The molecule has 20 heavy (non-hydrogen) atoms. The molecule has 2 atom stereocenters. The SMILES string of the molecule is CCC(C)c1ccc(C(N)Cc2ccc(Cl)cc2)cc1. The summed E-state index contributed by atoms with van der Waals surface area (Å²) in [7, 11) is 0. The van der Waals surface area contributed by atoms with Crippen LogP contribution in [0.5, 0.6) is 0 Å². The Bertz CT molecular complexity index is 530. The van der Waals surface area contributed by atoms with E-state index < -0.39 is 0 Å². The predicted molar refractivity (Wildman–Crippen MR) is 87.2 cm³/mol. The summed E-state index contributed by atoms with van der Waals surface area (Å²) < 4.78 is 0. The monoisotopic (exact) mass is 287 g/mol. The average Bonchev–Trinajstić information content (AvgIpc) is 2.49. The van der Waals surface area contributed by atoms with Gasteiger partial charge in [0.25, 0.3) is 0 Å². The van der Waals surface area contributed by atoms with Crippen molar-refractivity contribution in [3.63, 3.8) is 0 Å². The van der Waals surface area contributed by atoms with Crippen LogP contribution >= 0.6 is 11.6 Å². The van der Waals surface area contributed by atoms with Gasteiger partial charge in [0.2, 0.25) is 0 Å². The Balaban J connectivity index is 2.05. The highest BCUT2D eigenvalue weighted by Gasteiger charge is 2.08. The zero-order valence-corrected chi connectivity index (χ0v) is 12.9. The Labute approximate surface area is 126 Å². The predicted octanol–water partition coefficient (Wildman–Crippen LogP) is 5.10. The summed E-state index contributed by atoms with van der Waals surface area (Å²) in [5, 5.41) is 0.764. The van der Waals surface area contributed by atoms with Crippen LogP contribution in [-0.2, 0) is 6.42 Å². The van der Waals surface area contributed by atoms with Gasteiger partial charge in [-0.1, -0.05) is 61.8 Å². The largest absolute Gasteiger partial charge is 0.324 e. The fourth-order valence-corrected chi connectivity index (χ4v) is 2.43. The third-order valence-corrected chi connectivity index (χ3v) is 4.17. The highest BCUT2D eigenvalue weighted by molar-refractivity contribution is 6.30. The van der Waals surface area contributed by atoms with Crippen LogP contribution in [0.1, 0.15) is 48.9 Å². The first-order chi connectivity index (χ1) is 9.60. The Morgan fingerprint density at radius 1 is 0.950 bits per heavy atom. The molecule has 0 amide bonds. The van der Waals surface area contributed by atoms with Crippen LogP contribution in [0.25, 0.3) is 0 Å². The molecule has 0 aliphatic heterocycles. The first kappa shape index (κ1) is 15.1. The normalized spacial score (nSPS) is 14.0. The van der Waals surface area contributed by atoms with Crippen molar-refractivity contribution in [3.8, 4) is 0 Å². The van der Waals surface area contributed by atoms with Crippen LogP contribution in [-0.4, -0.2) is 0 Å². The Hall–Kier alpha value is -1.31. The molecule has 0 spiro atoms. The Kier molecular flexibility index (Phi) is 5.22. The van der Waals surface area contributed by atoms with Crippen molar-refractivity contribution in [1.82, 2.24) is 0 Å². The Morgan fingerprint density at radius 2 is 1.50 bits per heavy atom. The van der Waals surface area contributed by atoms with Crippen molar-refractivity contribution in [3.05, 3.63) is 70.2 Å². The van der Waals surface area contributed by atoms with Gasteiger partial charge < -0.3 is 5.73 Å². The highest BCUT2D eigenvalue weighted by atomic mass is 35.5. The molecule has 0 bridgehead atoms. The molecule has 106 valence electrons. The van der Waals surface area contributed by atoms with E-state index in [1.165, 1.54) is 16.7 Å². The third kappa shape index (κ3) is 3.84.